The number of ether oxygens (including phenoxy) is 1. The highest BCUT2D eigenvalue weighted by atomic mass is 16.5. The molecule has 2 aromatic rings. The highest BCUT2D eigenvalue weighted by Crippen LogP contribution is 2.32. The first-order chi connectivity index (χ1) is 11.0. The highest BCUT2D eigenvalue weighted by Gasteiger charge is 2.22. The molecule has 3 rings (SSSR count). The Morgan fingerprint density at radius 2 is 2.09 bits per heavy atom. The van der Waals surface area contributed by atoms with Crippen molar-refractivity contribution in [3.8, 4) is 0 Å². The number of rotatable bonds is 4. The first-order valence-corrected chi connectivity index (χ1v) is 8.06. The molecule has 1 aromatic heterocycles. The Morgan fingerprint density at radius 3 is 2.78 bits per heavy atom. The number of pyridine rings is 1. The number of aromatic nitrogens is 1. The summed E-state index contributed by atoms with van der Waals surface area (Å²) in [5.74, 6) is 0. The zero-order valence-electron chi connectivity index (χ0n) is 14.4. The van der Waals surface area contributed by atoms with E-state index in [4.69, 9.17) is 4.74 Å². The van der Waals surface area contributed by atoms with E-state index in [1.54, 1.807) is 11.7 Å². The molecule has 5 nitrogen and oxygen atoms in total. The standard InChI is InChI=1S/C18H25N3O2/c1-19(2)11-13-7-8-14-16(10-13)21(12-23-4)18(22)15-6-5-9-20(3)17(14)15/h7-8,10H,5-6,9,11-12H2,1-4H3. The largest absolute Gasteiger partial charge is 0.374 e. The van der Waals surface area contributed by atoms with Crippen LogP contribution in [-0.4, -0.2) is 44.3 Å². The van der Waals surface area contributed by atoms with E-state index in [9.17, 15) is 4.79 Å². The Kier molecular flexibility index (Phi) is 4.41. The van der Waals surface area contributed by atoms with Crippen molar-refractivity contribution < 1.29 is 4.74 Å². The molecule has 23 heavy (non-hydrogen) atoms. The lowest BCUT2D eigenvalue weighted by Gasteiger charge is -2.30. The molecule has 124 valence electrons. The molecule has 0 fully saturated rings. The van der Waals surface area contributed by atoms with Crippen LogP contribution in [0.1, 0.15) is 17.5 Å². The predicted molar refractivity (Wildman–Crippen MR) is 94.2 cm³/mol. The maximum atomic E-state index is 12.9. The van der Waals surface area contributed by atoms with Crippen molar-refractivity contribution in [3.63, 3.8) is 0 Å². The van der Waals surface area contributed by atoms with Crippen LogP contribution in [0.4, 0.5) is 5.69 Å². The molecule has 0 bridgehead atoms. The molecule has 0 amide bonds. The molecule has 0 aliphatic carbocycles. The fourth-order valence-corrected chi connectivity index (χ4v) is 3.52. The van der Waals surface area contributed by atoms with Gasteiger partial charge < -0.3 is 14.5 Å². The highest BCUT2D eigenvalue weighted by molar-refractivity contribution is 5.94. The molecule has 5 heteroatoms. The van der Waals surface area contributed by atoms with E-state index in [1.807, 2.05) is 14.1 Å². The summed E-state index contributed by atoms with van der Waals surface area (Å²) >= 11 is 0. The first kappa shape index (κ1) is 16.0. The quantitative estimate of drug-likeness (QED) is 0.865. The molecule has 1 aliphatic heterocycles. The summed E-state index contributed by atoms with van der Waals surface area (Å²) in [7, 11) is 7.80. The minimum absolute atomic E-state index is 0.0860. The van der Waals surface area contributed by atoms with Gasteiger partial charge in [0.25, 0.3) is 5.56 Å². The van der Waals surface area contributed by atoms with Gasteiger partial charge in [0.2, 0.25) is 0 Å². The van der Waals surface area contributed by atoms with Crippen LogP contribution >= 0.6 is 0 Å². The molecule has 0 radical (unpaired) electrons. The molecule has 0 saturated heterocycles. The third-order valence-corrected chi connectivity index (χ3v) is 4.46. The number of hydrogen-bond donors (Lipinski definition) is 0. The zero-order chi connectivity index (χ0) is 16.6. The lowest BCUT2D eigenvalue weighted by molar-refractivity contribution is 0.131. The molecule has 2 heterocycles. The monoisotopic (exact) mass is 315 g/mol. The number of nitrogens with zero attached hydrogens (tertiary/aromatic N) is 3. The smallest absolute Gasteiger partial charge is 0.258 e. The second kappa shape index (κ2) is 6.34. The average Bonchev–Trinajstić information content (AvgIpc) is 2.51. The van der Waals surface area contributed by atoms with Crippen LogP contribution in [0, 0.1) is 0 Å². The lowest BCUT2D eigenvalue weighted by atomic mass is 9.99. The van der Waals surface area contributed by atoms with Crippen LogP contribution in [0.25, 0.3) is 10.9 Å². The van der Waals surface area contributed by atoms with Gasteiger partial charge in [0.15, 0.2) is 0 Å². The first-order valence-electron chi connectivity index (χ1n) is 8.06. The summed E-state index contributed by atoms with van der Waals surface area (Å²) in [5.41, 5.74) is 4.26. The molecule has 1 aliphatic rings. The van der Waals surface area contributed by atoms with Crippen LogP contribution in [0.5, 0.6) is 0 Å². The van der Waals surface area contributed by atoms with Gasteiger partial charge in [-0.1, -0.05) is 12.1 Å². The maximum Gasteiger partial charge on any atom is 0.258 e. The molecule has 0 saturated carbocycles. The molecule has 0 N–H and O–H groups in total. The summed E-state index contributed by atoms with van der Waals surface area (Å²) in [6.07, 6.45) is 1.87. The van der Waals surface area contributed by atoms with Crippen molar-refractivity contribution in [2.24, 2.45) is 0 Å². The Hall–Kier alpha value is -1.85. The Labute approximate surface area is 137 Å². The van der Waals surface area contributed by atoms with Crippen LogP contribution in [0.3, 0.4) is 0 Å². The van der Waals surface area contributed by atoms with E-state index in [1.165, 1.54) is 5.56 Å². The van der Waals surface area contributed by atoms with Gasteiger partial charge in [-0.2, -0.15) is 0 Å². The Bertz CT molecular complexity index is 780. The van der Waals surface area contributed by atoms with E-state index in [0.717, 1.165) is 48.1 Å². The Balaban J connectivity index is 2.30. The number of anilines is 1. The predicted octanol–water partition coefficient (Wildman–Crippen LogP) is 2.05. The number of methoxy groups -OCH3 is 1. The van der Waals surface area contributed by atoms with E-state index >= 15 is 0 Å². The molecular weight excluding hydrogens is 290 g/mol. The van der Waals surface area contributed by atoms with Crippen LogP contribution in [0.2, 0.25) is 0 Å². The van der Waals surface area contributed by atoms with Gasteiger partial charge in [-0.05, 0) is 38.6 Å². The minimum atomic E-state index is 0.0860. The van der Waals surface area contributed by atoms with Gasteiger partial charge in [-0.3, -0.25) is 9.36 Å². The molecule has 1 aromatic carbocycles. The van der Waals surface area contributed by atoms with Crippen LogP contribution < -0.4 is 10.5 Å². The Morgan fingerprint density at radius 1 is 1.30 bits per heavy atom. The van der Waals surface area contributed by atoms with Crippen molar-refractivity contribution in [3.05, 3.63) is 39.7 Å². The van der Waals surface area contributed by atoms with E-state index in [0.29, 0.717) is 0 Å². The number of hydrogen-bond acceptors (Lipinski definition) is 4. The van der Waals surface area contributed by atoms with Gasteiger partial charge >= 0.3 is 0 Å². The van der Waals surface area contributed by atoms with E-state index in [-0.39, 0.29) is 12.3 Å². The molecular formula is C18H25N3O2. The number of fused-ring (bicyclic) bond motifs is 3. The van der Waals surface area contributed by atoms with Gasteiger partial charge in [0.05, 0.1) is 11.2 Å². The van der Waals surface area contributed by atoms with Crippen molar-refractivity contribution in [2.45, 2.75) is 26.1 Å². The summed E-state index contributed by atoms with van der Waals surface area (Å²) < 4.78 is 7.06. The fraction of sp³-hybridized carbons (Fsp3) is 0.500. The minimum Gasteiger partial charge on any atom is -0.374 e. The van der Waals surface area contributed by atoms with Gasteiger partial charge in [0.1, 0.15) is 6.73 Å². The SMILES string of the molecule is COCn1c(=O)c2c(c3ccc(CN(C)C)cc31)N(C)CCC2. The fourth-order valence-electron chi connectivity index (χ4n) is 3.52. The third kappa shape index (κ3) is 2.86. The number of benzene rings is 1. The topological polar surface area (TPSA) is 37.7 Å². The van der Waals surface area contributed by atoms with Gasteiger partial charge in [-0.25, -0.2) is 0 Å². The molecule has 0 spiro atoms. The van der Waals surface area contributed by atoms with Crippen LogP contribution in [-0.2, 0) is 24.4 Å². The third-order valence-electron chi connectivity index (χ3n) is 4.46. The van der Waals surface area contributed by atoms with E-state index < -0.39 is 0 Å². The zero-order valence-corrected chi connectivity index (χ0v) is 14.4. The van der Waals surface area contributed by atoms with Crippen molar-refractivity contribution in [1.82, 2.24) is 9.47 Å². The van der Waals surface area contributed by atoms with Crippen molar-refractivity contribution in [2.75, 3.05) is 39.7 Å². The molecule has 0 unspecified atom stereocenters. The summed E-state index contributed by atoms with van der Waals surface area (Å²) in [6, 6.07) is 6.44. The van der Waals surface area contributed by atoms with Crippen molar-refractivity contribution in [1.29, 1.82) is 0 Å². The summed E-state index contributed by atoms with van der Waals surface area (Å²) in [4.78, 5) is 17.3. The summed E-state index contributed by atoms with van der Waals surface area (Å²) in [6.45, 7) is 2.14. The average molecular weight is 315 g/mol. The second-order valence-electron chi connectivity index (χ2n) is 6.59. The lowest BCUT2D eigenvalue weighted by Crippen LogP contribution is -2.34. The van der Waals surface area contributed by atoms with Gasteiger partial charge in [-0.15, -0.1) is 0 Å². The van der Waals surface area contributed by atoms with Gasteiger partial charge in [0, 0.05) is 38.2 Å². The van der Waals surface area contributed by atoms with Crippen molar-refractivity contribution >= 4 is 16.6 Å². The maximum absolute atomic E-state index is 12.9. The second-order valence-corrected chi connectivity index (χ2v) is 6.59. The van der Waals surface area contributed by atoms with Crippen LogP contribution in [0.15, 0.2) is 23.0 Å². The summed E-state index contributed by atoms with van der Waals surface area (Å²) in [5, 5.41) is 1.14. The molecule has 0 atom stereocenters. The normalized spacial score (nSPS) is 14.6. The van der Waals surface area contributed by atoms with E-state index in [2.05, 4.69) is 35.0 Å².